The average Bonchev–Trinajstić information content (AvgIpc) is 3.06. The van der Waals surface area contributed by atoms with Crippen LogP contribution in [0.2, 0.25) is 5.02 Å². The molecule has 29 heavy (non-hydrogen) atoms. The highest BCUT2D eigenvalue weighted by Gasteiger charge is 2.20. The molecule has 0 bridgehead atoms. The Morgan fingerprint density at radius 3 is 2.59 bits per heavy atom. The molecule has 1 aromatic heterocycles. The Kier molecular flexibility index (Phi) is 9.24. The van der Waals surface area contributed by atoms with E-state index in [-0.39, 0.29) is 18.3 Å². The fraction of sp³-hybridized carbons (Fsp3) is 0.333. The van der Waals surface area contributed by atoms with Crippen molar-refractivity contribution in [3.8, 4) is 0 Å². The van der Waals surface area contributed by atoms with Crippen molar-refractivity contribution in [3.63, 3.8) is 0 Å². The van der Waals surface area contributed by atoms with Crippen LogP contribution in [0.5, 0.6) is 0 Å². The van der Waals surface area contributed by atoms with Gasteiger partial charge in [-0.15, -0.1) is 24.2 Å². The molecule has 0 saturated heterocycles. The number of hydrogen-bond acceptors (Lipinski definition) is 5. The molecule has 8 heteroatoms. The van der Waals surface area contributed by atoms with Gasteiger partial charge in [0.2, 0.25) is 5.91 Å². The van der Waals surface area contributed by atoms with Crippen LogP contribution in [0.1, 0.15) is 12.0 Å². The minimum Gasteiger partial charge on any atom is -0.308 e. The number of hydrogen-bond donors (Lipinski definition) is 0. The van der Waals surface area contributed by atoms with Crippen LogP contribution in [-0.4, -0.2) is 48.7 Å². The topological polar surface area (TPSA) is 36.4 Å². The van der Waals surface area contributed by atoms with Crippen molar-refractivity contribution in [2.45, 2.75) is 18.2 Å². The number of benzene rings is 2. The summed E-state index contributed by atoms with van der Waals surface area (Å²) in [6.45, 7) is 3.40. The fourth-order valence-electron chi connectivity index (χ4n) is 2.79. The zero-order chi connectivity index (χ0) is 20.1. The average molecular weight is 470 g/mol. The predicted molar refractivity (Wildman–Crippen MR) is 129 cm³/mol. The van der Waals surface area contributed by atoms with E-state index in [1.54, 1.807) is 11.8 Å². The monoisotopic (exact) mass is 469 g/mol. The van der Waals surface area contributed by atoms with Gasteiger partial charge in [0.25, 0.3) is 0 Å². The molecule has 0 aliphatic carbocycles. The standard InChI is InChI=1S/C21H24ClN3OS2.ClH/c1-15-13-16(22)14-18-20(15)23-21(28-18)25(11-10-24(2)3)19(26)9-12-27-17-7-5-4-6-8-17;/h4-8,13-14H,9-12H2,1-3H3;1H. The van der Waals surface area contributed by atoms with E-state index in [4.69, 9.17) is 16.6 Å². The number of thioether (sulfide) groups is 1. The Hall–Kier alpha value is -1.31. The van der Waals surface area contributed by atoms with Crippen molar-refractivity contribution in [1.29, 1.82) is 0 Å². The number of fused-ring (bicyclic) bond motifs is 1. The van der Waals surface area contributed by atoms with Gasteiger partial charge in [-0.1, -0.05) is 41.1 Å². The molecule has 156 valence electrons. The number of thiazole rings is 1. The van der Waals surface area contributed by atoms with Gasteiger partial charge in [0.05, 0.1) is 10.2 Å². The molecule has 0 radical (unpaired) electrons. The van der Waals surface area contributed by atoms with E-state index in [1.807, 2.05) is 56.3 Å². The summed E-state index contributed by atoms with van der Waals surface area (Å²) in [7, 11) is 4.02. The first-order chi connectivity index (χ1) is 13.4. The van der Waals surface area contributed by atoms with E-state index in [0.717, 1.165) is 33.2 Å². The Balaban J connectivity index is 0.00000300. The van der Waals surface area contributed by atoms with Gasteiger partial charge in [-0.05, 0) is 50.8 Å². The van der Waals surface area contributed by atoms with E-state index < -0.39 is 0 Å². The van der Waals surface area contributed by atoms with Crippen LogP contribution in [0.4, 0.5) is 5.13 Å². The summed E-state index contributed by atoms with van der Waals surface area (Å²) in [4.78, 5) is 22.9. The predicted octanol–water partition coefficient (Wildman–Crippen LogP) is 5.76. The highest BCUT2D eigenvalue weighted by Crippen LogP contribution is 2.33. The zero-order valence-electron chi connectivity index (χ0n) is 16.7. The Labute approximate surface area is 191 Å². The van der Waals surface area contributed by atoms with Gasteiger partial charge in [-0.25, -0.2) is 4.98 Å². The van der Waals surface area contributed by atoms with Crippen LogP contribution in [0.3, 0.4) is 0 Å². The SMILES string of the molecule is Cc1cc(Cl)cc2sc(N(CCN(C)C)C(=O)CCSc3ccccc3)nc12.Cl. The van der Waals surface area contributed by atoms with Gasteiger partial charge in [-0.2, -0.15) is 0 Å². The first-order valence-corrected chi connectivity index (χ1v) is 11.3. The van der Waals surface area contributed by atoms with Gasteiger partial charge in [-0.3, -0.25) is 9.69 Å². The second-order valence-electron chi connectivity index (χ2n) is 6.83. The van der Waals surface area contributed by atoms with E-state index in [9.17, 15) is 4.79 Å². The summed E-state index contributed by atoms with van der Waals surface area (Å²) in [5, 5.41) is 1.45. The highest BCUT2D eigenvalue weighted by molar-refractivity contribution is 7.99. The van der Waals surface area contributed by atoms with Crippen molar-refractivity contribution in [3.05, 3.63) is 53.1 Å². The van der Waals surface area contributed by atoms with E-state index in [2.05, 4.69) is 17.0 Å². The van der Waals surface area contributed by atoms with Crippen LogP contribution in [0.15, 0.2) is 47.4 Å². The number of rotatable bonds is 8. The third kappa shape index (κ3) is 6.59. The number of carbonyl (C=O) groups is 1. The molecule has 0 N–H and O–H groups in total. The van der Waals surface area contributed by atoms with Crippen LogP contribution < -0.4 is 4.90 Å². The second-order valence-corrected chi connectivity index (χ2v) is 9.44. The Morgan fingerprint density at radius 1 is 1.17 bits per heavy atom. The van der Waals surface area contributed by atoms with E-state index in [1.165, 1.54) is 16.2 Å². The van der Waals surface area contributed by atoms with Crippen LogP contribution >= 0.6 is 47.1 Å². The first kappa shape index (κ1) is 24.0. The molecule has 0 atom stereocenters. The summed E-state index contributed by atoms with van der Waals surface area (Å²) in [6.07, 6.45) is 0.475. The number of aryl methyl sites for hydroxylation is 1. The van der Waals surface area contributed by atoms with E-state index in [0.29, 0.717) is 18.0 Å². The Morgan fingerprint density at radius 2 is 1.90 bits per heavy atom. The number of halogens is 2. The van der Waals surface area contributed by atoms with Crippen molar-refractivity contribution < 1.29 is 4.79 Å². The molecule has 0 spiro atoms. The highest BCUT2D eigenvalue weighted by atomic mass is 35.5. The van der Waals surface area contributed by atoms with Crippen molar-refractivity contribution >= 4 is 68.4 Å². The van der Waals surface area contributed by atoms with Crippen molar-refractivity contribution in [2.75, 3.05) is 37.8 Å². The maximum Gasteiger partial charge on any atom is 0.229 e. The maximum absolute atomic E-state index is 13.0. The fourth-order valence-corrected chi connectivity index (χ4v) is 5.12. The van der Waals surface area contributed by atoms with Crippen molar-refractivity contribution in [2.24, 2.45) is 0 Å². The molecule has 2 aromatic carbocycles. The van der Waals surface area contributed by atoms with Gasteiger partial charge >= 0.3 is 0 Å². The summed E-state index contributed by atoms with van der Waals surface area (Å²) in [5.74, 6) is 0.852. The molecule has 1 heterocycles. The van der Waals surface area contributed by atoms with Gasteiger partial charge in [0.1, 0.15) is 0 Å². The number of anilines is 1. The maximum atomic E-state index is 13.0. The van der Waals surface area contributed by atoms with Crippen molar-refractivity contribution in [1.82, 2.24) is 9.88 Å². The summed E-state index contributed by atoms with van der Waals surface area (Å²) >= 11 is 9.42. The third-order valence-corrected chi connectivity index (χ3v) is 6.53. The summed E-state index contributed by atoms with van der Waals surface area (Å²) in [5.41, 5.74) is 1.95. The molecular formula is C21H25Cl2N3OS2. The van der Waals surface area contributed by atoms with E-state index >= 15 is 0 Å². The van der Waals surface area contributed by atoms with Crippen LogP contribution in [-0.2, 0) is 4.79 Å². The second kappa shape index (κ2) is 11.2. The van der Waals surface area contributed by atoms with Gasteiger partial charge in [0.15, 0.2) is 5.13 Å². The molecular weight excluding hydrogens is 445 g/mol. The lowest BCUT2D eigenvalue weighted by atomic mass is 10.2. The molecule has 0 aliphatic rings. The third-order valence-electron chi connectivity index (χ3n) is 4.27. The largest absolute Gasteiger partial charge is 0.308 e. The number of aromatic nitrogens is 1. The molecule has 0 fully saturated rings. The lowest BCUT2D eigenvalue weighted by Crippen LogP contribution is -2.36. The number of carbonyl (C=O) groups excluding carboxylic acids is 1. The summed E-state index contributed by atoms with van der Waals surface area (Å²) in [6, 6.07) is 14.0. The minimum atomic E-state index is 0. The Bertz CT molecular complexity index is 948. The molecule has 3 aromatic rings. The molecule has 1 amide bonds. The zero-order valence-corrected chi connectivity index (χ0v) is 19.9. The van der Waals surface area contributed by atoms with Gasteiger partial charge < -0.3 is 4.90 Å². The molecule has 3 rings (SSSR count). The smallest absolute Gasteiger partial charge is 0.229 e. The van der Waals surface area contributed by atoms with Crippen LogP contribution in [0.25, 0.3) is 10.2 Å². The molecule has 0 saturated carbocycles. The normalized spacial score (nSPS) is 10.9. The molecule has 0 unspecified atom stereocenters. The number of likely N-dealkylation sites (N-methyl/N-ethyl adjacent to an activating group) is 1. The minimum absolute atomic E-state index is 0. The number of nitrogens with zero attached hydrogens (tertiary/aromatic N) is 3. The number of amides is 1. The first-order valence-electron chi connectivity index (χ1n) is 9.13. The quantitative estimate of drug-likeness (QED) is 0.393. The summed E-state index contributed by atoms with van der Waals surface area (Å²) < 4.78 is 1.02. The van der Waals surface area contributed by atoms with Crippen LogP contribution in [0, 0.1) is 6.92 Å². The molecule has 4 nitrogen and oxygen atoms in total. The lowest BCUT2D eigenvalue weighted by molar-refractivity contribution is -0.118. The molecule has 0 aliphatic heterocycles. The van der Waals surface area contributed by atoms with Gasteiger partial charge in [0, 0.05) is 35.2 Å². The lowest BCUT2D eigenvalue weighted by Gasteiger charge is -2.22.